The summed E-state index contributed by atoms with van der Waals surface area (Å²) in [5.74, 6) is -1.31. The van der Waals surface area contributed by atoms with E-state index < -0.39 is 11.9 Å². The normalized spacial score (nSPS) is 11.9. The first-order valence-electron chi connectivity index (χ1n) is 8.81. The number of hydrogen-bond donors (Lipinski definition) is 2. The fraction of sp³-hybridized carbons (Fsp3) is 0.333. The summed E-state index contributed by atoms with van der Waals surface area (Å²) in [6, 6.07) is 14.7. The lowest BCUT2D eigenvalue weighted by Gasteiger charge is -2.16. The van der Waals surface area contributed by atoms with Crippen LogP contribution in [0.15, 0.2) is 53.4 Å². The number of para-hydroxylation sites is 1. The predicted octanol–water partition coefficient (Wildman–Crippen LogP) is 3.87. The van der Waals surface area contributed by atoms with Gasteiger partial charge in [0.15, 0.2) is 0 Å². The number of ether oxygens (including phenoxy) is 1. The molecular weight excluding hydrogens is 362 g/mol. The van der Waals surface area contributed by atoms with Crippen LogP contribution in [0.1, 0.15) is 29.8 Å². The summed E-state index contributed by atoms with van der Waals surface area (Å²) in [5.41, 5.74) is 1.37. The first kappa shape index (κ1) is 20.8. The zero-order chi connectivity index (χ0) is 19.8. The van der Waals surface area contributed by atoms with Gasteiger partial charge < -0.3 is 15.2 Å². The molecule has 0 saturated carbocycles. The van der Waals surface area contributed by atoms with Crippen LogP contribution in [0.2, 0.25) is 0 Å². The molecule has 27 heavy (non-hydrogen) atoms. The monoisotopic (exact) mass is 387 g/mol. The Morgan fingerprint density at radius 3 is 2.44 bits per heavy atom. The second-order valence-corrected chi connectivity index (χ2v) is 8.04. The number of carbonyl (C=O) groups is 2. The average molecular weight is 388 g/mol. The summed E-state index contributed by atoms with van der Waals surface area (Å²) in [7, 11) is 1.56. The highest BCUT2D eigenvalue weighted by molar-refractivity contribution is 8.00. The van der Waals surface area contributed by atoms with Crippen LogP contribution in [0.4, 0.5) is 0 Å². The van der Waals surface area contributed by atoms with Crippen molar-refractivity contribution in [3.05, 3.63) is 59.7 Å². The van der Waals surface area contributed by atoms with Crippen molar-refractivity contribution in [2.24, 2.45) is 5.92 Å². The van der Waals surface area contributed by atoms with Crippen LogP contribution in [0.5, 0.6) is 5.75 Å². The molecule has 0 aliphatic carbocycles. The summed E-state index contributed by atoms with van der Waals surface area (Å²) in [6.07, 6.45) is 0.280. The van der Waals surface area contributed by atoms with E-state index in [4.69, 9.17) is 4.74 Å². The topological polar surface area (TPSA) is 75.6 Å². The summed E-state index contributed by atoms with van der Waals surface area (Å²) < 4.78 is 5.29. The van der Waals surface area contributed by atoms with Gasteiger partial charge in [-0.25, -0.2) is 0 Å². The van der Waals surface area contributed by atoms with Gasteiger partial charge in [0.05, 0.1) is 18.6 Å². The number of hydrogen-bond acceptors (Lipinski definition) is 4. The fourth-order valence-electron chi connectivity index (χ4n) is 2.71. The highest BCUT2D eigenvalue weighted by Crippen LogP contribution is 2.26. The molecule has 0 spiro atoms. The highest BCUT2D eigenvalue weighted by Gasteiger charge is 2.22. The molecule has 1 amide bonds. The maximum Gasteiger partial charge on any atom is 0.308 e. The number of carboxylic acids is 1. The Morgan fingerprint density at radius 2 is 1.78 bits per heavy atom. The van der Waals surface area contributed by atoms with Crippen LogP contribution in [0.25, 0.3) is 0 Å². The van der Waals surface area contributed by atoms with Gasteiger partial charge in [0.25, 0.3) is 5.91 Å². The maximum absolute atomic E-state index is 12.6. The van der Waals surface area contributed by atoms with Crippen LogP contribution in [0.3, 0.4) is 0 Å². The van der Waals surface area contributed by atoms with E-state index in [-0.39, 0.29) is 18.9 Å². The van der Waals surface area contributed by atoms with E-state index in [0.717, 1.165) is 10.5 Å². The third kappa shape index (κ3) is 6.03. The molecule has 2 N–H and O–H groups in total. The van der Waals surface area contributed by atoms with Gasteiger partial charge in [-0.2, -0.15) is 0 Å². The fourth-order valence-corrected chi connectivity index (χ4v) is 3.66. The van der Waals surface area contributed by atoms with Gasteiger partial charge >= 0.3 is 5.97 Å². The van der Waals surface area contributed by atoms with E-state index >= 15 is 0 Å². The molecule has 1 unspecified atom stereocenters. The molecule has 0 aromatic heterocycles. The van der Waals surface area contributed by atoms with E-state index in [0.29, 0.717) is 16.6 Å². The molecule has 0 aliphatic rings. The van der Waals surface area contributed by atoms with Gasteiger partial charge in [-0.15, -0.1) is 11.8 Å². The number of amides is 1. The van der Waals surface area contributed by atoms with Crippen molar-refractivity contribution in [1.29, 1.82) is 0 Å². The van der Waals surface area contributed by atoms with Gasteiger partial charge in [0.1, 0.15) is 5.75 Å². The molecule has 2 rings (SSSR count). The molecule has 1 atom stereocenters. The van der Waals surface area contributed by atoms with Gasteiger partial charge in [-0.1, -0.05) is 44.2 Å². The highest BCUT2D eigenvalue weighted by atomic mass is 32.2. The number of benzene rings is 2. The van der Waals surface area contributed by atoms with Crippen molar-refractivity contribution in [3.8, 4) is 5.75 Å². The Kier molecular flexibility index (Phi) is 7.73. The number of aliphatic carboxylic acids is 1. The number of carbonyl (C=O) groups excluding carboxylic acids is 1. The zero-order valence-corrected chi connectivity index (χ0v) is 16.6. The molecule has 0 saturated heterocycles. The maximum atomic E-state index is 12.6. The summed E-state index contributed by atoms with van der Waals surface area (Å²) in [4.78, 5) is 25.2. The minimum atomic E-state index is -0.953. The predicted molar refractivity (Wildman–Crippen MR) is 108 cm³/mol. The largest absolute Gasteiger partial charge is 0.496 e. The zero-order valence-electron chi connectivity index (χ0n) is 15.8. The molecule has 0 fully saturated rings. The van der Waals surface area contributed by atoms with Crippen LogP contribution < -0.4 is 10.1 Å². The van der Waals surface area contributed by atoms with Crippen molar-refractivity contribution in [3.63, 3.8) is 0 Å². The van der Waals surface area contributed by atoms with Crippen molar-refractivity contribution in [1.82, 2.24) is 5.32 Å². The lowest BCUT2D eigenvalue weighted by molar-refractivity contribution is -0.141. The van der Waals surface area contributed by atoms with E-state index in [9.17, 15) is 14.7 Å². The van der Waals surface area contributed by atoms with Crippen LogP contribution >= 0.6 is 11.8 Å². The number of nitrogens with one attached hydrogen (secondary N) is 1. The van der Waals surface area contributed by atoms with Gasteiger partial charge in [-0.05, 0) is 30.2 Å². The molecule has 0 bridgehead atoms. The lowest BCUT2D eigenvalue weighted by Crippen LogP contribution is -2.34. The Hall–Kier alpha value is -2.47. The van der Waals surface area contributed by atoms with E-state index in [1.807, 2.05) is 36.4 Å². The molecule has 5 nitrogen and oxygen atoms in total. The summed E-state index contributed by atoms with van der Waals surface area (Å²) in [5, 5.41) is 12.7. The average Bonchev–Trinajstić information content (AvgIpc) is 2.64. The summed E-state index contributed by atoms with van der Waals surface area (Å²) in [6.45, 7) is 4.17. The minimum Gasteiger partial charge on any atom is -0.496 e. The van der Waals surface area contributed by atoms with Gasteiger partial charge in [0, 0.05) is 16.7 Å². The lowest BCUT2D eigenvalue weighted by atomic mass is 9.98. The summed E-state index contributed by atoms with van der Waals surface area (Å²) >= 11 is 1.61. The van der Waals surface area contributed by atoms with Gasteiger partial charge in [-0.3, -0.25) is 9.59 Å². The SMILES string of the molecule is COc1ccccc1CC(CNC(=O)c1ccccc1SC(C)C)C(=O)O. The Morgan fingerprint density at radius 1 is 1.11 bits per heavy atom. The van der Waals surface area contributed by atoms with Crippen LogP contribution in [0, 0.1) is 5.92 Å². The molecule has 144 valence electrons. The number of thioether (sulfide) groups is 1. The molecular formula is C21H25NO4S. The molecule has 0 aliphatic heterocycles. The number of rotatable bonds is 9. The van der Waals surface area contributed by atoms with Gasteiger partial charge in [0.2, 0.25) is 0 Å². The van der Waals surface area contributed by atoms with Crippen molar-refractivity contribution >= 4 is 23.6 Å². The van der Waals surface area contributed by atoms with Crippen LogP contribution in [-0.2, 0) is 11.2 Å². The van der Waals surface area contributed by atoms with Crippen LogP contribution in [-0.4, -0.2) is 35.9 Å². The Bertz CT molecular complexity index is 791. The van der Waals surface area contributed by atoms with E-state index in [1.165, 1.54) is 0 Å². The molecule has 2 aromatic carbocycles. The quantitative estimate of drug-likeness (QED) is 0.639. The number of methoxy groups -OCH3 is 1. The molecule has 0 heterocycles. The van der Waals surface area contributed by atoms with Crippen molar-refractivity contribution in [2.75, 3.05) is 13.7 Å². The second kappa shape index (κ2) is 10.0. The Labute approximate surface area is 164 Å². The second-order valence-electron chi connectivity index (χ2n) is 6.42. The third-order valence-electron chi connectivity index (χ3n) is 4.01. The molecule has 6 heteroatoms. The third-order valence-corrected chi connectivity index (χ3v) is 5.09. The first-order chi connectivity index (χ1) is 12.9. The Balaban J connectivity index is 2.08. The van der Waals surface area contributed by atoms with Crippen molar-refractivity contribution < 1.29 is 19.4 Å². The standard InChI is InChI=1S/C21H25NO4S/c1-14(2)27-19-11-7-5-9-17(19)20(23)22-13-16(21(24)25)12-15-8-4-6-10-18(15)26-3/h4-11,14,16H,12-13H2,1-3H3,(H,22,23)(H,24,25). The molecule has 2 aromatic rings. The first-order valence-corrected chi connectivity index (χ1v) is 9.69. The smallest absolute Gasteiger partial charge is 0.308 e. The van der Waals surface area contributed by atoms with E-state index in [1.54, 1.807) is 31.0 Å². The van der Waals surface area contributed by atoms with Crippen molar-refractivity contribution in [2.45, 2.75) is 30.4 Å². The van der Waals surface area contributed by atoms with E-state index in [2.05, 4.69) is 19.2 Å². The molecule has 0 radical (unpaired) electrons. The minimum absolute atomic E-state index is 0.0485. The number of carboxylic acid groups (broad SMARTS) is 1.